The molecule has 0 spiro atoms. The molecule has 1 aliphatic rings. The molecule has 1 aromatic carbocycles. The van der Waals surface area contributed by atoms with Crippen molar-refractivity contribution in [2.45, 2.75) is 13.0 Å². The third-order valence-corrected chi connectivity index (χ3v) is 3.20. The molecule has 1 heterocycles. The zero-order valence-electron chi connectivity index (χ0n) is 10.5. The van der Waals surface area contributed by atoms with Crippen LogP contribution in [0.15, 0.2) is 12.1 Å². The van der Waals surface area contributed by atoms with Crippen LogP contribution in [0.2, 0.25) is 0 Å². The van der Waals surface area contributed by atoms with Gasteiger partial charge in [0.05, 0.1) is 0 Å². The van der Waals surface area contributed by atoms with Crippen LogP contribution in [0.1, 0.15) is 18.5 Å². The van der Waals surface area contributed by atoms with Crippen LogP contribution in [-0.4, -0.2) is 31.1 Å². The maximum atomic E-state index is 13.6. The van der Waals surface area contributed by atoms with E-state index in [1.807, 2.05) is 4.90 Å². The van der Waals surface area contributed by atoms with Crippen LogP contribution in [-0.2, 0) is 0 Å². The maximum absolute atomic E-state index is 13.6. The number of halogens is 5. The van der Waals surface area contributed by atoms with Crippen molar-refractivity contribution in [3.8, 4) is 0 Å². The van der Waals surface area contributed by atoms with Crippen molar-refractivity contribution in [3.05, 3.63) is 35.1 Å². The second-order valence-electron chi connectivity index (χ2n) is 4.22. The van der Waals surface area contributed by atoms with Crippen molar-refractivity contribution in [2.75, 3.05) is 26.2 Å². The summed E-state index contributed by atoms with van der Waals surface area (Å²) in [4.78, 5) is 1.94. The smallest absolute Gasteiger partial charge is 0.166 e. The number of hydrogen-bond donors (Lipinski definition) is 1. The van der Waals surface area contributed by atoms with Gasteiger partial charge in [0.15, 0.2) is 11.6 Å². The topological polar surface area (TPSA) is 15.3 Å². The summed E-state index contributed by atoms with van der Waals surface area (Å²) < 4.78 is 40.3. The minimum Gasteiger partial charge on any atom is -0.314 e. The molecule has 19 heavy (non-hydrogen) atoms. The minimum absolute atomic E-state index is 0. The van der Waals surface area contributed by atoms with Gasteiger partial charge >= 0.3 is 0 Å². The summed E-state index contributed by atoms with van der Waals surface area (Å²) >= 11 is 0. The molecular weight excluding hydrogens is 300 g/mol. The van der Waals surface area contributed by atoms with Gasteiger partial charge in [0.25, 0.3) is 0 Å². The molecular formula is C12H17Cl2F3N2. The van der Waals surface area contributed by atoms with Crippen LogP contribution in [0.3, 0.4) is 0 Å². The lowest BCUT2D eigenvalue weighted by Gasteiger charge is -2.33. The van der Waals surface area contributed by atoms with Crippen LogP contribution < -0.4 is 5.32 Å². The summed E-state index contributed by atoms with van der Waals surface area (Å²) in [5.74, 6) is -2.76. The van der Waals surface area contributed by atoms with E-state index >= 15 is 0 Å². The van der Waals surface area contributed by atoms with E-state index in [9.17, 15) is 13.2 Å². The van der Waals surface area contributed by atoms with E-state index < -0.39 is 23.5 Å². The van der Waals surface area contributed by atoms with Crippen molar-refractivity contribution in [3.63, 3.8) is 0 Å². The molecule has 0 unspecified atom stereocenters. The van der Waals surface area contributed by atoms with Gasteiger partial charge in [-0.3, -0.25) is 4.90 Å². The summed E-state index contributed by atoms with van der Waals surface area (Å²) in [6.45, 7) is 4.67. The Bertz CT molecular complexity index is 412. The predicted molar refractivity (Wildman–Crippen MR) is 73.7 cm³/mol. The Morgan fingerprint density at radius 3 is 2.16 bits per heavy atom. The first-order valence-corrected chi connectivity index (χ1v) is 5.69. The van der Waals surface area contributed by atoms with E-state index in [1.165, 1.54) is 0 Å². The van der Waals surface area contributed by atoms with Crippen LogP contribution in [0.4, 0.5) is 13.2 Å². The molecule has 1 fully saturated rings. The Kier molecular flexibility index (Phi) is 7.74. The fourth-order valence-electron chi connectivity index (χ4n) is 2.18. The lowest BCUT2D eigenvalue weighted by Crippen LogP contribution is -2.44. The highest BCUT2D eigenvalue weighted by Gasteiger charge is 2.25. The van der Waals surface area contributed by atoms with E-state index in [0.29, 0.717) is 13.1 Å². The van der Waals surface area contributed by atoms with Crippen molar-refractivity contribution in [1.29, 1.82) is 0 Å². The lowest BCUT2D eigenvalue weighted by molar-refractivity contribution is 0.178. The van der Waals surface area contributed by atoms with Crippen molar-refractivity contribution < 1.29 is 13.2 Å². The fourth-order valence-corrected chi connectivity index (χ4v) is 2.18. The van der Waals surface area contributed by atoms with E-state index in [2.05, 4.69) is 5.32 Å². The summed E-state index contributed by atoms with van der Waals surface area (Å²) in [5.41, 5.74) is -0.174. The number of nitrogens with one attached hydrogen (secondary N) is 1. The quantitative estimate of drug-likeness (QED) is 0.844. The predicted octanol–water partition coefficient (Wildman–Crippen LogP) is 2.91. The summed E-state index contributed by atoms with van der Waals surface area (Å²) in [7, 11) is 0. The van der Waals surface area contributed by atoms with Crippen LogP contribution in [0.5, 0.6) is 0 Å². The third-order valence-electron chi connectivity index (χ3n) is 3.20. The fraction of sp³-hybridized carbons (Fsp3) is 0.500. The number of piperazine rings is 1. The van der Waals surface area contributed by atoms with Gasteiger partial charge in [-0.1, -0.05) is 0 Å². The minimum atomic E-state index is -1.07. The Morgan fingerprint density at radius 2 is 1.58 bits per heavy atom. The van der Waals surface area contributed by atoms with Crippen molar-refractivity contribution in [2.24, 2.45) is 0 Å². The Morgan fingerprint density at radius 1 is 1.05 bits per heavy atom. The van der Waals surface area contributed by atoms with Crippen LogP contribution >= 0.6 is 24.8 Å². The molecule has 1 saturated heterocycles. The molecule has 1 atom stereocenters. The van der Waals surface area contributed by atoms with Gasteiger partial charge in [0, 0.05) is 37.8 Å². The maximum Gasteiger partial charge on any atom is 0.166 e. The highest BCUT2D eigenvalue weighted by Crippen LogP contribution is 2.27. The van der Waals surface area contributed by atoms with Gasteiger partial charge in [-0.15, -0.1) is 24.8 Å². The highest BCUT2D eigenvalue weighted by molar-refractivity contribution is 5.85. The van der Waals surface area contributed by atoms with Crippen LogP contribution in [0, 0.1) is 17.5 Å². The normalized spacial score (nSPS) is 17.3. The molecule has 2 nitrogen and oxygen atoms in total. The number of rotatable bonds is 2. The molecule has 1 N–H and O–H groups in total. The highest BCUT2D eigenvalue weighted by atomic mass is 35.5. The molecule has 0 aliphatic carbocycles. The first kappa shape index (κ1) is 18.5. The van der Waals surface area contributed by atoms with E-state index in [0.717, 1.165) is 25.2 Å². The summed E-state index contributed by atoms with van der Waals surface area (Å²) in [6, 6.07) is 1.35. The monoisotopic (exact) mass is 316 g/mol. The van der Waals surface area contributed by atoms with Gasteiger partial charge < -0.3 is 5.32 Å². The zero-order chi connectivity index (χ0) is 12.4. The summed E-state index contributed by atoms with van der Waals surface area (Å²) in [6.07, 6.45) is 0. The summed E-state index contributed by atoms with van der Waals surface area (Å²) in [5, 5.41) is 3.16. The van der Waals surface area contributed by atoms with E-state index in [-0.39, 0.29) is 30.4 Å². The average Bonchev–Trinajstić information content (AvgIpc) is 2.35. The van der Waals surface area contributed by atoms with Crippen molar-refractivity contribution in [1.82, 2.24) is 10.2 Å². The molecule has 0 bridgehead atoms. The second kappa shape index (κ2) is 7.94. The van der Waals surface area contributed by atoms with Gasteiger partial charge in [0.1, 0.15) is 5.82 Å². The largest absolute Gasteiger partial charge is 0.314 e. The molecule has 0 saturated carbocycles. The van der Waals surface area contributed by atoms with Gasteiger partial charge in [-0.2, -0.15) is 0 Å². The third kappa shape index (κ3) is 3.99. The number of benzene rings is 1. The van der Waals surface area contributed by atoms with Gasteiger partial charge in [0.2, 0.25) is 0 Å². The van der Waals surface area contributed by atoms with Gasteiger partial charge in [-0.05, 0) is 19.1 Å². The first-order valence-electron chi connectivity index (χ1n) is 5.69. The molecule has 7 heteroatoms. The Balaban J connectivity index is 0.00000162. The Hall–Kier alpha value is -0.490. The Labute approximate surface area is 123 Å². The SMILES string of the molecule is C[C@@H](c1c(F)ccc(F)c1F)N1CCNCC1.Cl.Cl. The molecule has 2 rings (SSSR count). The number of nitrogens with zero attached hydrogens (tertiary/aromatic N) is 1. The second-order valence-corrected chi connectivity index (χ2v) is 4.22. The van der Waals surface area contributed by atoms with Gasteiger partial charge in [-0.25, -0.2) is 13.2 Å². The van der Waals surface area contributed by atoms with Crippen LogP contribution in [0.25, 0.3) is 0 Å². The van der Waals surface area contributed by atoms with E-state index in [4.69, 9.17) is 0 Å². The molecule has 0 aromatic heterocycles. The van der Waals surface area contributed by atoms with E-state index in [1.54, 1.807) is 6.92 Å². The molecule has 0 amide bonds. The molecule has 0 radical (unpaired) electrons. The standard InChI is InChI=1S/C12H15F3N2.2ClH/c1-8(17-6-4-16-5-7-17)11-9(13)2-3-10(14)12(11)15;;/h2-3,8,16H,4-7H2,1H3;2*1H/t8-;;/m0../s1. The molecule has 110 valence electrons. The first-order chi connectivity index (χ1) is 8.11. The molecule has 1 aromatic rings. The zero-order valence-corrected chi connectivity index (χ0v) is 12.1. The molecule has 1 aliphatic heterocycles. The van der Waals surface area contributed by atoms with Crippen molar-refractivity contribution >= 4 is 24.8 Å². The lowest BCUT2D eigenvalue weighted by atomic mass is 10.0. The average molecular weight is 317 g/mol. The number of hydrogen-bond acceptors (Lipinski definition) is 2.